The van der Waals surface area contributed by atoms with Gasteiger partial charge < -0.3 is 9.57 Å². The molecule has 1 aliphatic carbocycles. The second-order valence-corrected chi connectivity index (χ2v) is 3.70. The number of ether oxygens (including phenoxy) is 1. The lowest BCUT2D eigenvalue weighted by Crippen LogP contribution is -2.25. The van der Waals surface area contributed by atoms with E-state index in [0.29, 0.717) is 19.1 Å². The fourth-order valence-corrected chi connectivity index (χ4v) is 1.55. The number of rotatable bonds is 6. The van der Waals surface area contributed by atoms with Gasteiger partial charge in [-0.1, -0.05) is 18.5 Å². The Bertz CT molecular complexity index is 175. The lowest BCUT2D eigenvalue weighted by Gasteiger charge is -2.14. The molecule has 0 saturated heterocycles. The lowest BCUT2D eigenvalue weighted by atomic mass is 10.2. The molecule has 0 aromatic carbocycles. The van der Waals surface area contributed by atoms with Crippen molar-refractivity contribution in [3.05, 3.63) is 11.6 Å². The summed E-state index contributed by atoms with van der Waals surface area (Å²) in [6, 6.07) is 0. The van der Waals surface area contributed by atoms with E-state index in [1.54, 1.807) is 6.08 Å². The van der Waals surface area contributed by atoms with E-state index >= 15 is 0 Å². The largest absolute Gasteiger partial charge is 0.371 e. The van der Waals surface area contributed by atoms with Gasteiger partial charge in [-0.25, -0.2) is 5.90 Å². The van der Waals surface area contributed by atoms with Gasteiger partial charge in [-0.3, -0.25) is 0 Å². The molecule has 4 heteroatoms. The predicted octanol–water partition coefficient (Wildman–Crippen LogP) is 1.67. The minimum atomic E-state index is 0.118. The molecular weight excluding hydrogens is 190 g/mol. The minimum Gasteiger partial charge on any atom is -0.371 e. The van der Waals surface area contributed by atoms with Gasteiger partial charge in [0.1, 0.15) is 0 Å². The molecular formula is C9H16ClNO2. The van der Waals surface area contributed by atoms with Gasteiger partial charge in [-0.05, 0) is 24.3 Å². The quantitative estimate of drug-likeness (QED) is 0.671. The molecule has 3 nitrogen and oxygen atoms in total. The zero-order chi connectivity index (χ0) is 9.68. The van der Waals surface area contributed by atoms with Crippen LogP contribution in [-0.2, 0) is 9.57 Å². The van der Waals surface area contributed by atoms with Crippen LogP contribution < -0.4 is 5.90 Å². The average molecular weight is 206 g/mol. The summed E-state index contributed by atoms with van der Waals surface area (Å²) < 4.78 is 5.54. The highest BCUT2D eigenvalue weighted by atomic mass is 35.5. The number of halogens is 1. The molecule has 13 heavy (non-hydrogen) atoms. The summed E-state index contributed by atoms with van der Waals surface area (Å²) in [7, 11) is 0. The van der Waals surface area contributed by atoms with Crippen LogP contribution in [0.5, 0.6) is 0 Å². The molecule has 0 radical (unpaired) electrons. The van der Waals surface area contributed by atoms with Crippen molar-refractivity contribution in [1.82, 2.24) is 0 Å². The number of hydrogen-bond acceptors (Lipinski definition) is 3. The van der Waals surface area contributed by atoms with E-state index in [2.05, 4.69) is 11.8 Å². The van der Waals surface area contributed by atoms with Crippen LogP contribution >= 0.6 is 11.6 Å². The average Bonchev–Trinajstić information content (AvgIpc) is 2.82. The summed E-state index contributed by atoms with van der Waals surface area (Å²) >= 11 is 5.37. The first kappa shape index (κ1) is 11.0. The maximum atomic E-state index is 5.54. The Morgan fingerprint density at radius 2 is 2.38 bits per heavy atom. The Labute approximate surface area is 83.8 Å². The number of hydrogen-bond donors (Lipinski definition) is 1. The molecule has 0 aromatic heterocycles. The molecule has 0 aromatic rings. The lowest BCUT2D eigenvalue weighted by molar-refractivity contribution is -0.0199. The van der Waals surface area contributed by atoms with Gasteiger partial charge in [0.2, 0.25) is 0 Å². The van der Waals surface area contributed by atoms with E-state index in [9.17, 15) is 0 Å². The van der Waals surface area contributed by atoms with Crippen molar-refractivity contribution in [3.63, 3.8) is 0 Å². The molecule has 3 atom stereocenters. The SMILES string of the molecule is CC1CC1C(CON)OCC=CCl. The molecule has 0 aliphatic heterocycles. The normalized spacial score (nSPS) is 29.5. The van der Waals surface area contributed by atoms with Crippen LogP contribution in [0.2, 0.25) is 0 Å². The molecule has 1 aliphatic rings. The van der Waals surface area contributed by atoms with Crippen molar-refractivity contribution >= 4 is 11.6 Å². The Balaban J connectivity index is 2.22. The molecule has 76 valence electrons. The van der Waals surface area contributed by atoms with Crippen molar-refractivity contribution in [3.8, 4) is 0 Å². The van der Waals surface area contributed by atoms with Crippen molar-refractivity contribution in [2.45, 2.75) is 19.4 Å². The predicted molar refractivity (Wildman–Crippen MR) is 52.1 cm³/mol. The molecule has 0 spiro atoms. The van der Waals surface area contributed by atoms with Gasteiger partial charge in [0.25, 0.3) is 0 Å². The third-order valence-corrected chi connectivity index (χ3v) is 2.58. The monoisotopic (exact) mass is 205 g/mol. The molecule has 3 unspecified atom stereocenters. The second-order valence-electron chi connectivity index (χ2n) is 3.44. The van der Waals surface area contributed by atoms with Gasteiger partial charge in [-0.15, -0.1) is 0 Å². The summed E-state index contributed by atoms with van der Waals surface area (Å²) in [5, 5.41) is 0. The van der Waals surface area contributed by atoms with Crippen molar-refractivity contribution < 1.29 is 9.57 Å². The van der Waals surface area contributed by atoms with Crippen LogP contribution in [0.25, 0.3) is 0 Å². The highest BCUT2D eigenvalue weighted by molar-refractivity contribution is 6.25. The number of nitrogens with two attached hydrogens (primary N) is 1. The Hall–Kier alpha value is -0.0900. The minimum absolute atomic E-state index is 0.118. The zero-order valence-electron chi connectivity index (χ0n) is 7.78. The highest BCUT2D eigenvalue weighted by Gasteiger charge is 2.40. The Morgan fingerprint density at radius 1 is 1.69 bits per heavy atom. The third kappa shape index (κ3) is 3.65. The summed E-state index contributed by atoms with van der Waals surface area (Å²) in [5.74, 6) is 6.36. The van der Waals surface area contributed by atoms with Crippen LogP contribution in [0, 0.1) is 11.8 Å². The van der Waals surface area contributed by atoms with E-state index in [0.717, 1.165) is 5.92 Å². The van der Waals surface area contributed by atoms with Gasteiger partial charge in [0.05, 0.1) is 19.3 Å². The molecule has 2 N–H and O–H groups in total. The van der Waals surface area contributed by atoms with Gasteiger partial charge in [-0.2, -0.15) is 0 Å². The van der Waals surface area contributed by atoms with E-state index in [-0.39, 0.29) is 6.10 Å². The van der Waals surface area contributed by atoms with E-state index in [1.165, 1.54) is 12.0 Å². The van der Waals surface area contributed by atoms with Gasteiger partial charge in [0, 0.05) is 5.54 Å². The molecule has 0 bridgehead atoms. The van der Waals surface area contributed by atoms with Crippen LogP contribution in [0.4, 0.5) is 0 Å². The summed E-state index contributed by atoms with van der Waals surface area (Å²) in [4.78, 5) is 4.60. The maximum Gasteiger partial charge on any atom is 0.0944 e. The van der Waals surface area contributed by atoms with Crippen LogP contribution in [0.3, 0.4) is 0 Å². The third-order valence-electron chi connectivity index (χ3n) is 2.41. The first-order valence-corrected chi connectivity index (χ1v) is 4.91. The molecule has 0 heterocycles. The topological polar surface area (TPSA) is 44.5 Å². The first-order valence-electron chi connectivity index (χ1n) is 4.48. The maximum absolute atomic E-state index is 5.54. The molecule has 1 fully saturated rings. The first-order chi connectivity index (χ1) is 6.29. The van der Waals surface area contributed by atoms with Crippen LogP contribution in [0.1, 0.15) is 13.3 Å². The van der Waals surface area contributed by atoms with Crippen LogP contribution in [0.15, 0.2) is 11.6 Å². The van der Waals surface area contributed by atoms with Crippen molar-refractivity contribution in [1.29, 1.82) is 0 Å². The summed E-state index contributed by atoms with van der Waals surface area (Å²) in [5.41, 5.74) is 1.46. The van der Waals surface area contributed by atoms with E-state index in [1.807, 2.05) is 0 Å². The van der Waals surface area contributed by atoms with Crippen LogP contribution in [-0.4, -0.2) is 19.3 Å². The smallest absolute Gasteiger partial charge is 0.0944 e. The fraction of sp³-hybridized carbons (Fsp3) is 0.778. The van der Waals surface area contributed by atoms with Crippen molar-refractivity contribution in [2.24, 2.45) is 17.7 Å². The van der Waals surface area contributed by atoms with Crippen molar-refractivity contribution in [2.75, 3.05) is 13.2 Å². The molecule has 1 rings (SSSR count). The summed E-state index contributed by atoms with van der Waals surface area (Å²) in [6.45, 7) is 3.20. The molecule has 1 saturated carbocycles. The Morgan fingerprint density at radius 3 is 2.85 bits per heavy atom. The zero-order valence-corrected chi connectivity index (χ0v) is 8.54. The van der Waals surface area contributed by atoms with Gasteiger partial charge >= 0.3 is 0 Å². The van der Waals surface area contributed by atoms with Gasteiger partial charge in [0.15, 0.2) is 0 Å². The highest BCUT2D eigenvalue weighted by Crippen LogP contribution is 2.41. The summed E-state index contributed by atoms with van der Waals surface area (Å²) in [6.07, 6.45) is 3.09. The van der Waals surface area contributed by atoms with E-state index in [4.69, 9.17) is 22.2 Å². The second kappa shape index (κ2) is 5.60. The van der Waals surface area contributed by atoms with E-state index < -0.39 is 0 Å². The Kier molecular flexibility index (Phi) is 4.73. The standard InChI is InChI=1S/C9H16ClNO2/c1-7-5-8(7)9(6-13-11)12-4-2-3-10/h2-3,7-9H,4-6,11H2,1H3. The molecule has 0 amide bonds. The fourth-order valence-electron chi connectivity index (χ4n) is 1.47.